The minimum atomic E-state index is -3.71. The first-order chi connectivity index (χ1) is 18.5. The highest BCUT2D eigenvalue weighted by molar-refractivity contribution is 7.88. The fourth-order valence-electron chi connectivity index (χ4n) is 4.99. The van der Waals surface area contributed by atoms with Crippen LogP contribution in [0.4, 0.5) is 8.78 Å². The second kappa shape index (κ2) is 9.10. The van der Waals surface area contributed by atoms with Gasteiger partial charge in [0, 0.05) is 29.6 Å². The van der Waals surface area contributed by atoms with Gasteiger partial charge >= 0.3 is 6.29 Å². The van der Waals surface area contributed by atoms with E-state index in [1.165, 1.54) is 12.1 Å². The summed E-state index contributed by atoms with van der Waals surface area (Å²) in [6, 6.07) is 21.6. The van der Waals surface area contributed by atoms with Crippen LogP contribution in [0.2, 0.25) is 0 Å². The lowest BCUT2D eigenvalue weighted by atomic mass is 9.88. The Morgan fingerprint density at radius 1 is 0.974 bits per heavy atom. The summed E-state index contributed by atoms with van der Waals surface area (Å²) in [7, 11) is -3.31. The molecule has 0 unspecified atom stereocenters. The third-order valence-electron chi connectivity index (χ3n) is 7.14. The number of aromatic nitrogens is 1. The molecule has 7 nitrogen and oxygen atoms in total. The van der Waals surface area contributed by atoms with E-state index in [2.05, 4.69) is 14.2 Å². The number of rotatable bonds is 8. The maximum absolute atomic E-state index is 13.6. The van der Waals surface area contributed by atoms with Crippen molar-refractivity contribution in [3.63, 3.8) is 0 Å². The molecule has 0 atom stereocenters. The number of hydrogen-bond acceptors (Lipinski definition) is 6. The third-order valence-corrected chi connectivity index (χ3v) is 7.81. The zero-order valence-electron chi connectivity index (χ0n) is 20.9. The normalized spacial score (nSPS) is 16.8. The summed E-state index contributed by atoms with van der Waals surface area (Å²) in [6.07, 6.45) is -1.29. The molecule has 1 aliphatic carbocycles. The van der Waals surface area contributed by atoms with Gasteiger partial charge in [0.1, 0.15) is 5.78 Å². The molecule has 39 heavy (non-hydrogen) atoms. The van der Waals surface area contributed by atoms with Crippen molar-refractivity contribution in [1.82, 2.24) is 9.71 Å². The summed E-state index contributed by atoms with van der Waals surface area (Å²) in [5.74, 6) is -0.159. The maximum atomic E-state index is 13.6. The average molecular weight is 551 g/mol. The number of nitrogens with one attached hydrogen (secondary N) is 1. The van der Waals surface area contributed by atoms with Gasteiger partial charge in [0.25, 0.3) is 0 Å². The molecule has 6 rings (SSSR count). The van der Waals surface area contributed by atoms with Crippen molar-refractivity contribution in [2.75, 3.05) is 6.26 Å². The number of ether oxygens (including phenoxy) is 2. The number of hydrogen-bond donors (Lipinski definition) is 1. The molecule has 0 spiro atoms. The highest BCUT2D eigenvalue weighted by atomic mass is 32.2. The number of sulfonamides is 1. The predicted octanol–water partition coefficient (Wildman–Crippen LogP) is 5.12. The molecular formula is C29H24F2N2O5S. The Hall–Kier alpha value is -3.89. The molecule has 10 heteroatoms. The second-order valence-corrected chi connectivity index (χ2v) is 11.8. The van der Waals surface area contributed by atoms with Crippen LogP contribution in [0.15, 0.2) is 72.8 Å². The van der Waals surface area contributed by atoms with Crippen LogP contribution < -0.4 is 14.2 Å². The smallest absolute Gasteiger partial charge is 0.395 e. The van der Waals surface area contributed by atoms with E-state index >= 15 is 0 Å². The highest BCUT2D eigenvalue weighted by Crippen LogP contribution is 2.52. The number of nitrogens with zero attached hydrogens (tertiary/aromatic N) is 1. The Morgan fingerprint density at radius 3 is 2.41 bits per heavy atom. The number of pyridine rings is 1. The molecule has 1 aliphatic heterocycles. The largest absolute Gasteiger partial charge is 0.586 e. The minimum absolute atomic E-state index is 0.0379. The average Bonchev–Trinajstić information content (AvgIpc) is 3.64. The van der Waals surface area contributed by atoms with Crippen molar-refractivity contribution in [1.29, 1.82) is 0 Å². The van der Waals surface area contributed by atoms with Crippen LogP contribution in [0.25, 0.3) is 22.0 Å². The molecule has 200 valence electrons. The Morgan fingerprint density at radius 2 is 1.69 bits per heavy atom. The molecule has 2 aliphatic rings. The van der Waals surface area contributed by atoms with E-state index in [-0.39, 0.29) is 30.2 Å². The van der Waals surface area contributed by atoms with Crippen molar-refractivity contribution < 1.29 is 31.5 Å². The number of ketones is 1. The predicted molar refractivity (Wildman–Crippen MR) is 141 cm³/mol. The van der Waals surface area contributed by atoms with Gasteiger partial charge in [-0.25, -0.2) is 13.1 Å². The number of halogens is 2. The fourth-order valence-corrected chi connectivity index (χ4v) is 5.42. The molecule has 0 saturated heterocycles. The van der Waals surface area contributed by atoms with Gasteiger partial charge in [0.2, 0.25) is 10.0 Å². The van der Waals surface area contributed by atoms with Crippen molar-refractivity contribution in [2.45, 2.75) is 37.5 Å². The van der Waals surface area contributed by atoms with Crippen LogP contribution in [0, 0.1) is 0 Å². The van der Waals surface area contributed by atoms with E-state index in [4.69, 9.17) is 4.98 Å². The summed E-state index contributed by atoms with van der Waals surface area (Å²) < 4.78 is 61.4. The zero-order valence-corrected chi connectivity index (χ0v) is 21.7. The van der Waals surface area contributed by atoms with Crippen LogP contribution in [0.5, 0.6) is 11.5 Å². The molecule has 1 saturated carbocycles. The first-order valence-electron chi connectivity index (χ1n) is 12.4. The van der Waals surface area contributed by atoms with Gasteiger partial charge in [-0.2, -0.15) is 0 Å². The molecule has 0 amide bonds. The van der Waals surface area contributed by atoms with E-state index in [1.54, 1.807) is 6.07 Å². The summed E-state index contributed by atoms with van der Waals surface area (Å²) in [5, 5.41) is 1.86. The Bertz CT molecular complexity index is 1720. The molecule has 1 N–H and O–H groups in total. The Balaban J connectivity index is 1.29. The van der Waals surface area contributed by atoms with Crippen LogP contribution >= 0.6 is 0 Å². The number of alkyl halides is 2. The van der Waals surface area contributed by atoms with Crippen LogP contribution in [0.1, 0.15) is 29.7 Å². The summed E-state index contributed by atoms with van der Waals surface area (Å²) >= 11 is 0. The molecule has 3 aromatic carbocycles. The second-order valence-electron chi connectivity index (χ2n) is 9.98. The zero-order chi connectivity index (χ0) is 27.4. The highest BCUT2D eigenvalue weighted by Gasteiger charge is 2.52. The van der Waals surface area contributed by atoms with Crippen LogP contribution in [-0.4, -0.2) is 31.7 Å². The molecule has 2 heterocycles. The number of benzene rings is 3. The lowest BCUT2D eigenvalue weighted by molar-refractivity contribution is -0.286. The summed E-state index contributed by atoms with van der Waals surface area (Å²) in [4.78, 5) is 18.5. The quantitative estimate of drug-likeness (QED) is 0.328. The van der Waals surface area contributed by atoms with Gasteiger partial charge in [-0.05, 0) is 47.6 Å². The van der Waals surface area contributed by atoms with Gasteiger partial charge in [0.05, 0.1) is 17.4 Å². The van der Waals surface area contributed by atoms with E-state index in [0.717, 1.165) is 28.2 Å². The molecular weight excluding hydrogens is 526 g/mol. The van der Waals surface area contributed by atoms with E-state index in [0.29, 0.717) is 29.8 Å². The first kappa shape index (κ1) is 25.4. The third kappa shape index (κ3) is 5.09. The van der Waals surface area contributed by atoms with Gasteiger partial charge in [-0.1, -0.05) is 54.6 Å². The number of carbonyl (C=O) groups is 1. The van der Waals surface area contributed by atoms with Crippen molar-refractivity contribution in [3.05, 3.63) is 89.6 Å². The SMILES string of the molecule is CS(=O)(=O)NCc1ccc(-c2nc(CC(=O)C3(c4ccc5c(c4)OC(F)(F)O5)CC3)cc3ccccc23)cc1. The van der Waals surface area contributed by atoms with Gasteiger partial charge in [0.15, 0.2) is 11.5 Å². The first-order valence-corrected chi connectivity index (χ1v) is 14.3. The van der Waals surface area contributed by atoms with E-state index < -0.39 is 21.7 Å². The van der Waals surface area contributed by atoms with Gasteiger partial charge < -0.3 is 9.47 Å². The standard InChI is InChI=1S/C29H24F2N2O5S/c1-39(35,36)32-17-18-6-8-19(9-7-18)27-23-5-3-2-4-20(23)14-22(33-27)16-26(34)28(12-13-28)21-10-11-24-25(15-21)38-29(30,31)37-24/h2-11,14-15,32H,12-13,16-17H2,1H3. The summed E-state index contributed by atoms with van der Waals surface area (Å²) in [5.41, 5.74) is 2.83. The summed E-state index contributed by atoms with van der Waals surface area (Å²) in [6.45, 7) is 0.182. The van der Waals surface area contributed by atoms with Crippen molar-refractivity contribution in [3.8, 4) is 22.8 Å². The topological polar surface area (TPSA) is 94.6 Å². The molecule has 1 aromatic heterocycles. The van der Waals surface area contributed by atoms with Crippen molar-refractivity contribution >= 4 is 26.6 Å². The number of carbonyl (C=O) groups excluding carboxylic acids is 1. The Kier molecular flexibility index (Phi) is 5.92. The molecule has 0 radical (unpaired) electrons. The fraction of sp³-hybridized carbons (Fsp3) is 0.241. The van der Waals surface area contributed by atoms with Crippen LogP contribution in [-0.2, 0) is 33.2 Å². The lowest BCUT2D eigenvalue weighted by Gasteiger charge is -2.16. The molecule has 0 bridgehead atoms. The Labute approximate surface area is 223 Å². The maximum Gasteiger partial charge on any atom is 0.586 e. The monoisotopic (exact) mass is 550 g/mol. The van der Waals surface area contributed by atoms with Gasteiger partial charge in [-0.15, -0.1) is 8.78 Å². The van der Waals surface area contributed by atoms with E-state index in [9.17, 15) is 22.0 Å². The van der Waals surface area contributed by atoms with Crippen molar-refractivity contribution in [2.24, 2.45) is 0 Å². The van der Waals surface area contributed by atoms with Gasteiger partial charge in [-0.3, -0.25) is 9.78 Å². The number of Topliss-reactive ketones (excluding diaryl/α,β-unsaturated/α-hetero) is 1. The molecule has 1 fully saturated rings. The van der Waals surface area contributed by atoms with Crippen LogP contribution in [0.3, 0.4) is 0 Å². The lowest BCUT2D eigenvalue weighted by Crippen LogP contribution is -2.26. The minimum Gasteiger partial charge on any atom is -0.395 e. The number of fused-ring (bicyclic) bond motifs is 2. The molecule has 4 aromatic rings. The van der Waals surface area contributed by atoms with E-state index in [1.807, 2.05) is 54.6 Å².